The first-order chi connectivity index (χ1) is 15.5. The molecule has 2 heterocycles. The molecule has 1 fully saturated rings. The number of fused-ring (bicyclic) bond motifs is 1. The van der Waals surface area contributed by atoms with Crippen molar-refractivity contribution in [1.82, 2.24) is 9.78 Å². The van der Waals surface area contributed by atoms with Crippen molar-refractivity contribution in [3.63, 3.8) is 0 Å². The van der Waals surface area contributed by atoms with E-state index >= 15 is 0 Å². The minimum atomic E-state index is -0.358. The Morgan fingerprint density at radius 1 is 1.12 bits per heavy atom. The Hall–Kier alpha value is -3.55. The summed E-state index contributed by atoms with van der Waals surface area (Å²) >= 11 is 0. The Balaban J connectivity index is 1.65. The van der Waals surface area contributed by atoms with E-state index < -0.39 is 0 Å². The predicted octanol–water partition coefficient (Wildman–Crippen LogP) is 3.29. The average Bonchev–Trinajstić information content (AvgIpc) is 2.80. The van der Waals surface area contributed by atoms with Gasteiger partial charge in [-0.1, -0.05) is 25.1 Å². The number of hydrogen-bond donors (Lipinski definition) is 1. The summed E-state index contributed by atoms with van der Waals surface area (Å²) in [5, 5.41) is 8.82. The van der Waals surface area contributed by atoms with Gasteiger partial charge in [-0.3, -0.25) is 9.59 Å². The van der Waals surface area contributed by atoms with Gasteiger partial charge in [-0.05, 0) is 24.8 Å². The largest absolute Gasteiger partial charge is 0.497 e. The van der Waals surface area contributed by atoms with Crippen molar-refractivity contribution in [2.75, 3.05) is 37.5 Å². The van der Waals surface area contributed by atoms with Crippen molar-refractivity contribution < 1.29 is 14.3 Å². The van der Waals surface area contributed by atoms with Gasteiger partial charge in [0.2, 0.25) is 5.91 Å². The molecule has 1 saturated heterocycles. The van der Waals surface area contributed by atoms with Crippen LogP contribution in [-0.4, -0.2) is 43.0 Å². The van der Waals surface area contributed by atoms with Crippen molar-refractivity contribution in [2.24, 2.45) is 5.92 Å². The molecule has 8 heteroatoms. The van der Waals surface area contributed by atoms with E-state index in [0.29, 0.717) is 28.5 Å². The second-order valence-electron chi connectivity index (χ2n) is 8.17. The maximum absolute atomic E-state index is 13.1. The average molecular weight is 437 g/mol. The van der Waals surface area contributed by atoms with Gasteiger partial charge in [0.25, 0.3) is 5.56 Å². The van der Waals surface area contributed by atoms with Crippen LogP contribution >= 0.6 is 0 Å². The van der Waals surface area contributed by atoms with Crippen LogP contribution in [0.4, 0.5) is 11.5 Å². The highest BCUT2D eigenvalue weighted by Gasteiger charge is 2.22. The number of methoxy groups -OCH3 is 2. The number of carbonyl (C=O) groups is 1. The lowest BCUT2D eigenvalue weighted by Gasteiger charge is -2.32. The molecular weight excluding hydrogens is 408 g/mol. The van der Waals surface area contributed by atoms with E-state index in [1.165, 1.54) is 11.1 Å². The first-order valence-corrected chi connectivity index (χ1v) is 10.8. The zero-order valence-electron chi connectivity index (χ0n) is 18.6. The van der Waals surface area contributed by atoms with Gasteiger partial charge in [0.1, 0.15) is 18.0 Å². The summed E-state index contributed by atoms with van der Waals surface area (Å²) in [6, 6.07) is 12.6. The van der Waals surface area contributed by atoms with Crippen LogP contribution in [0.2, 0.25) is 0 Å². The molecule has 1 atom stereocenters. The second-order valence-corrected chi connectivity index (χ2v) is 8.17. The highest BCUT2D eigenvalue weighted by molar-refractivity contribution is 5.93. The van der Waals surface area contributed by atoms with E-state index in [0.717, 1.165) is 30.7 Å². The number of hydrogen-bond acceptors (Lipinski definition) is 6. The lowest BCUT2D eigenvalue weighted by molar-refractivity contribution is -0.117. The number of anilines is 2. The maximum Gasteiger partial charge on any atom is 0.275 e. The first-order valence-electron chi connectivity index (χ1n) is 10.8. The standard InChI is InChI=1S/C24H28N4O4/c1-16-7-6-10-27(14-16)23-20-8-4-5-9-21(20)24(30)28(26-23)15-22(29)25-17-11-18(31-2)13-19(12-17)32-3/h4-5,8-9,11-13,16H,6-7,10,14-15H2,1-3H3,(H,25,29)/t16-/m0/s1. The summed E-state index contributed by atoms with van der Waals surface area (Å²) in [7, 11) is 3.09. The number of aromatic nitrogens is 2. The highest BCUT2D eigenvalue weighted by atomic mass is 16.5. The molecule has 0 bridgehead atoms. The molecule has 2 aromatic carbocycles. The van der Waals surface area contributed by atoms with E-state index in [-0.39, 0.29) is 18.0 Å². The number of carbonyl (C=O) groups excluding carboxylic acids is 1. The molecular formula is C24H28N4O4. The van der Waals surface area contributed by atoms with E-state index in [1.807, 2.05) is 18.2 Å². The van der Waals surface area contributed by atoms with Crippen LogP contribution in [0.15, 0.2) is 47.3 Å². The number of rotatable bonds is 6. The lowest BCUT2D eigenvalue weighted by Crippen LogP contribution is -2.38. The molecule has 0 saturated carbocycles. The van der Waals surface area contributed by atoms with Gasteiger partial charge in [0, 0.05) is 42.4 Å². The van der Waals surface area contributed by atoms with Crippen molar-refractivity contribution >= 4 is 28.2 Å². The summed E-state index contributed by atoms with van der Waals surface area (Å²) in [6.07, 6.45) is 2.26. The normalized spacial score (nSPS) is 16.1. The van der Waals surface area contributed by atoms with Gasteiger partial charge >= 0.3 is 0 Å². The maximum atomic E-state index is 13.1. The van der Waals surface area contributed by atoms with Crippen molar-refractivity contribution in [3.05, 3.63) is 52.8 Å². The topological polar surface area (TPSA) is 85.7 Å². The molecule has 1 aliphatic heterocycles. The van der Waals surface area contributed by atoms with Gasteiger partial charge in [-0.25, -0.2) is 4.68 Å². The third-order valence-electron chi connectivity index (χ3n) is 5.73. The number of piperidine rings is 1. The molecule has 0 unspecified atom stereocenters. The fourth-order valence-electron chi connectivity index (χ4n) is 4.16. The fraction of sp³-hybridized carbons (Fsp3) is 0.375. The predicted molar refractivity (Wildman–Crippen MR) is 125 cm³/mol. The molecule has 32 heavy (non-hydrogen) atoms. The number of benzene rings is 2. The number of ether oxygens (including phenoxy) is 2. The number of nitrogens with zero attached hydrogens (tertiary/aromatic N) is 3. The highest BCUT2D eigenvalue weighted by Crippen LogP contribution is 2.27. The van der Waals surface area contributed by atoms with E-state index in [4.69, 9.17) is 9.47 Å². The van der Waals surface area contributed by atoms with Crippen molar-refractivity contribution in [2.45, 2.75) is 26.3 Å². The molecule has 1 N–H and O–H groups in total. The Kier molecular flexibility index (Phi) is 6.30. The third-order valence-corrected chi connectivity index (χ3v) is 5.73. The Morgan fingerprint density at radius 3 is 2.47 bits per heavy atom. The molecule has 3 aromatic rings. The van der Waals surface area contributed by atoms with Crippen LogP contribution in [0, 0.1) is 5.92 Å². The summed E-state index contributed by atoms with van der Waals surface area (Å²) in [4.78, 5) is 28.1. The van der Waals surface area contributed by atoms with Crippen molar-refractivity contribution in [3.8, 4) is 11.5 Å². The molecule has 0 radical (unpaired) electrons. The van der Waals surface area contributed by atoms with Crippen LogP contribution in [-0.2, 0) is 11.3 Å². The van der Waals surface area contributed by atoms with Crippen LogP contribution in [0.25, 0.3) is 10.8 Å². The van der Waals surface area contributed by atoms with Gasteiger partial charge in [0.05, 0.1) is 19.6 Å². The Morgan fingerprint density at radius 2 is 1.81 bits per heavy atom. The summed E-state index contributed by atoms with van der Waals surface area (Å²) in [5.41, 5.74) is 0.234. The van der Waals surface area contributed by atoms with E-state index in [2.05, 4.69) is 22.2 Å². The smallest absolute Gasteiger partial charge is 0.275 e. The minimum absolute atomic E-state index is 0.195. The van der Waals surface area contributed by atoms with Crippen LogP contribution in [0.5, 0.6) is 11.5 Å². The molecule has 1 aliphatic rings. The summed E-state index contributed by atoms with van der Waals surface area (Å²) < 4.78 is 11.8. The van der Waals surface area contributed by atoms with Crippen LogP contribution in [0.3, 0.4) is 0 Å². The first kappa shape index (κ1) is 21.7. The molecule has 0 aliphatic carbocycles. The molecule has 1 aromatic heterocycles. The number of nitrogens with one attached hydrogen (secondary N) is 1. The second kappa shape index (κ2) is 9.30. The third kappa shape index (κ3) is 4.54. The SMILES string of the molecule is COc1cc(NC(=O)Cn2nc(N3CCC[C@H](C)C3)c3ccccc3c2=O)cc(OC)c1. The zero-order valence-corrected chi connectivity index (χ0v) is 18.6. The molecule has 1 amide bonds. The quantitative estimate of drug-likeness (QED) is 0.638. The molecule has 168 valence electrons. The summed E-state index contributed by atoms with van der Waals surface area (Å²) in [5.74, 6) is 2.06. The van der Waals surface area contributed by atoms with Gasteiger partial charge in [-0.15, -0.1) is 0 Å². The van der Waals surface area contributed by atoms with E-state index in [1.54, 1.807) is 38.5 Å². The molecule has 0 spiro atoms. The van der Waals surface area contributed by atoms with Crippen LogP contribution < -0.4 is 25.2 Å². The molecule has 4 rings (SSSR count). The van der Waals surface area contributed by atoms with Gasteiger partial charge in [-0.2, -0.15) is 5.10 Å². The van der Waals surface area contributed by atoms with Gasteiger partial charge < -0.3 is 19.7 Å². The fourth-order valence-corrected chi connectivity index (χ4v) is 4.16. The number of amides is 1. The zero-order chi connectivity index (χ0) is 22.7. The summed E-state index contributed by atoms with van der Waals surface area (Å²) in [6.45, 7) is 3.79. The van der Waals surface area contributed by atoms with Gasteiger partial charge in [0.15, 0.2) is 5.82 Å². The van der Waals surface area contributed by atoms with Crippen LogP contribution in [0.1, 0.15) is 19.8 Å². The lowest BCUT2D eigenvalue weighted by atomic mass is 10.00. The van der Waals surface area contributed by atoms with Crippen molar-refractivity contribution in [1.29, 1.82) is 0 Å². The Labute approximate surface area is 186 Å². The Bertz CT molecular complexity index is 1170. The monoisotopic (exact) mass is 436 g/mol. The molecule has 8 nitrogen and oxygen atoms in total. The minimum Gasteiger partial charge on any atom is -0.497 e. The van der Waals surface area contributed by atoms with E-state index in [9.17, 15) is 9.59 Å².